The van der Waals surface area contributed by atoms with Crippen molar-refractivity contribution in [1.82, 2.24) is 4.90 Å². The normalized spacial score (nSPS) is 16.6. The van der Waals surface area contributed by atoms with Crippen molar-refractivity contribution < 1.29 is 47.9 Å². The molecule has 2 aliphatic heterocycles. The fourth-order valence-corrected chi connectivity index (χ4v) is 4.58. The molecule has 1 saturated heterocycles. The van der Waals surface area contributed by atoms with Gasteiger partial charge in [-0.3, -0.25) is 29.9 Å². The van der Waals surface area contributed by atoms with Gasteiger partial charge in [0, 0.05) is 24.3 Å². The van der Waals surface area contributed by atoms with E-state index in [4.69, 9.17) is 35.3 Å². The van der Waals surface area contributed by atoms with Gasteiger partial charge in [0.25, 0.3) is 11.4 Å². The van der Waals surface area contributed by atoms with Crippen LogP contribution in [-0.4, -0.2) is 52.2 Å². The lowest BCUT2D eigenvalue weighted by molar-refractivity contribution is -0.385. The number of nitro groups is 2. The Hall–Kier alpha value is -5.70. The van der Waals surface area contributed by atoms with Gasteiger partial charge >= 0.3 is 12.1 Å². The summed E-state index contributed by atoms with van der Waals surface area (Å²) in [5.41, 5.74) is 0.481. The lowest BCUT2D eigenvalue weighted by Gasteiger charge is -2.40. The second-order valence-electron chi connectivity index (χ2n) is 9.59. The predicted molar refractivity (Wildman–Crippen MR) is 151 cm³/mol. The standard InChI is InChI=1S/C29H22ClN3O12/c30-22-3-1-2-4-23(22)41-16-24-25(28(35)42-13-17-5-9-19(10-6-17)32(37)38)31-26(34)21(27(31)45-24)15-44-29(36)43-14-18-7-11-20(12-8-18)33(39)40/h1-12,21,27H,13-16H2. The van der Waals surface area contributed by atoms with Gasteiger partial charge in [0.05, 0.1) is 14.9 Å². The van der Waals surface area contributed by atoms with Crippen molar-refractivity contribution in [2.45, 2.75) is 19.4 Å². The summed E-state index contributed by atoms with van der Waals surface area (Å²) in [6, 6.07) is 17.3. The first-order valence-electron chi connectivity index (χ1n) is 13.2. The number of halogens is 1. The number of esters is 1. The molecule has 2 aliphatic rings. The summed E-state index contributed by atoms with van der Waals surface area (Å²) < 4.78 is 27.1. The fourth-order valence-electron chi connectivity index (χ4n) is 4.39. The highest BCUT2D eigenvalue weighted by molar-refractivity contribution is 6.32. The quantitative estimate of drug-likeness (QED) is 0.116. The number of amides is 1. The first-order chi connectivity index (χ1) is 21.6. The molecule has 3 aromatic carbocycles. The zero-order chi connectivity index (χ0) is 32.1. The molecule has 15 nitrogen and oxygen atoms in total. The molecule has 232 valence electrons. The van der Waals surface area contributed by atoms with Gasteiger partial charge < -0.3 is 23.7 Å². The molecule has 5 rings (SSSR count). The third-order valence-corrected chi connectivity index (χ3v) is 7.02. The van der Waals surface area contributed by atoms with E-state index in [1.54, 1.807) is 24.3 Å². The molecule has 16 heteroatoms. The summed E-state index contributed by atoms with van der Waals surface area (Å²) in [4.78, 5) is 60.1. The molecule has 1 amide bonds. The summed E-state index contributed by atoms with van der Waals surface area (Å²) in [7, 11) is 0. The van der Waals surface area contributed by atoms with Crippen molar-refractivity contribution in [2.75, 3.05) is 13.2 Å². The summed E-state index contributed by atoms with van der Waals surface area (Å²) in [5, 5.41) is 22.0. The van der Waals surface area contributed by atoms with Gasteiger partial charge in [-0.2, -0.15) is 0 Å². The summed E-state index contributed by atoms with van der Waals surface area (Å²) >= 11 is 6.16. The number of nitrogens with zero attached hydrogens (tertiary/aromatic N) is 3. The van der Waals surface area contributed by atoms with E-state index in [0.29, 0.717) is 21.9 Å². The van der Waals surface area contributed by atoms with Gasteiger partial charge in [0.2, 0.25) is 5.91 Å². The van der Waals surface area contributed by atoms with Crippen LogP contribution in [0, 0.1) is 26.1 Å². The molecular formula is C29H22ClN3O12. The van der Waals surface area contributed by atoms with Gasteiger partial charge in [0.1, 0.15) is 38.1 Å². The molecule has 0 radical (unpaired) electrons. The van der Waals surface area contributed by atoms with Crippen molar-refractivity contribution in [1.29, 1.82) is 0 Å². The molecule has 2 unspecified atom stereocenters. The maximum absolute atomic E-state index is 13.2. The van der Waals surface area contributed by atoms with Gasteiger partial charge in [-0.15, -0.1) is 0 Å². The van der Waals surface area contributed by atoms with Crippen LogP contribution in [0.15, 0.2) is 84.3 Å². The largest absolute Gasteiger partial charge is 0.508 e. The first kappa shape index (κ1) is 30.7. The minimum Gasteiger partial charge on any atom is -0.484 e. The Morgan fingerprint density at radius 1 is 0.822 bits per heavy atom. The van der Waals surface area contributed by atoms with Gasteiger partial charge in [0.15, 0.2) is 17.7 Å². The Balaban J connectivity index is 1.21. The molecule has 0 bridgehead atoms. The van der Waals surface area contributed by atoms with Crippen LogP contribution in [0.25, 0.3) is 0 Å². The smallest absolute Gasteiger partial charge is 0.484 e. The number of fused-ring (bicyclic) bond motifs is 1. The average Bonchev–Trinajstić information content (AvgIpc) is 3.37. The van der Waals surface area contributed by atoms with E-state index in [-0.39, 0.29) is 42.7 Å². The number of carbonyl (C=O) groups excluding carboxylic acids is 3. The van der Waals surface area contributed by atoms with Crippen LogP contribution in [0.4, 0.5) is 16.2 Å². The number of carbonyl (C=O) groups is 3. The zero-order valence-corrected chi connectivity index (χ0v) is 23.8. The maximum Gasteiger partial charge on any atom is 0.508 e. The third kappa shape index (κ3) is 6.94. The molecule has 0 N–H and O–H groups in total. The van der Waals surface area contributed by atoms with Gasteiger partial charge in [-0.25, -0.2) is 9.59 Å². The third-order valence-electron chi connectivity index (χ3n) is 6.71. The van der Waals surface area contributed by atoms with Crippen LogP contribution in [0.1, 0.15) is 11.1 Å². The zero-order valence-electron chi connectivity index (χ0n) is 23.0. The van der Waals surface area contributed by atoms with E-state index in [1.165, 1.54) is 48.5 Å². The van der Waals surface area contributed by atoms with E-state index < -0.39 is 46.6 Å². The Labute approximate surface area is 258 Å². The molecular weight excluding hydrogens is 618 g/mol. The van der Waals surface area contributed by atoms with E-state index in [2.05, 4.69) is 0 Å². The molecule has 0 saturated carbocycles. The monoisotopic (exact) mass is 639 g/mol. The topological polar surface area (TPSA) is 187 Å². The summed E-state index contributed by atoms with van der Waals surface area (Å²) in [5.74, 6) is -2.20. The number of hydrogen-bond donors (Lipinski definition) is 0. The number of β-lactam (4-membered cyclic amide) rings is 1. The Kier molecular flexibility index (Phi) is 9.09. The van der Waals surface area contributed by atoms with Gasteiger partial charge in [-0.05, 0) is 47.5 Å². The maximum atomic E-state index is 13.2. The Morgan fingerprint density at radius 3 is 1.98 bits per heavy atom. The average molecular weight is 640 g/mol. The number of ether oxygens (including phenoxy) is 5. The lowest BCUT2D eigenvalue weighted by atomic mass is 9.96. The van der Waals surface area contributed by atoms with Crippen LogP contribution in [0.2, 0.25) is 5.02 Å². The van der Waals surface area contributed by atoms with Crippen LogP contribution < -0.4 is 4.74 Å². The second kappa shape index (κ2) is 13.3. The minimum atomic E-state index is -1.09. The molecule has 0 aromatic heterocycles. The van der Waals surface area contributed by atoms with Crippen molar-refractivity contribution >= 4 is 41.0 Å². The number of rotatable bonds is 12. The van der Waals surface area contributed by atoms with Crippen molar-refractivity contribution in [2.24, 2.45) is 5.92 Å². The van der Waals surface area contributed by atoms with Crippen molar-refractivity contribution in [3.05, 3.63) is 121 Å². The molecule has 1 fully saturated rings. The number of nitro benzene ring substituents is 2. The number of para-hydroxylation sites is 1. The molecule has 3 aromatic rings. The fraction of sp³-hybridized carbons (Fsp3) is 0.207. The predicted octanol–water partition coefficient (Wildman–Crippen LogP) is 4.66. The number of benzene rings is 3. The molecule has 0 aliphatic carbocycles. The highest BCUT2D eigenvalue weighted by atomic mass is 35.5. The molecule has 2 atom stereocenters. The number of non-ortho nitro benzene ring substituents is 2. The lowest BCUT2D eigenvalue weighted by Crippen LogP contribution is -2.60. The van der Waals surface area contributed by atoms with E-state index in [0.717, 1.165) is 4.90 Å². The van der Waals surface area contributed by atoms with Crippen molar-refractivity contribution in [3.63, 3.8) is 0 Å². The SMILES string of the molecule is O=C(OCc1ccc([N+](=O)[O-])cc1)OCC1C(=O)N2C(C(=O)OCc3ccc([N+](=O)[O-])cc3)=C(COc3ccccc3Cl)OC12. The minimum absolute atomic E-state index is 0.0229. The molecule has 2 heterocycles. The van der Waals surface area contributed by atoms with Crippen LogP contribution in [-0.2, 0) is 41.8 Å². The molecule has 45 heavy (non-hydrogen) atoms. The Bertz CT molecular complexity index is 1680. The van der Waals surface area contributed by atoms with Crippen LogP contribution in [0.5, 0.6) is 5.75 Å². The van der Waals surface area contributed by atoms with Crippen molar-refractivity contribution in [3.8, 4) is 5.75 Å². The van der Waals surface area contributed by atoms with Crippen LogP contribution >= 0.6 is 11.6 Å². The molecule has 0 spiro atoms. The van der Waals surface area contributed by atoms with Gasteiger partial charge in [-0.1, -0.05) is 23.7 Å². The summed E-state index contributed by atoms with van der Waals surface area (Å²) in [6.45, 7) is -1.20. The van der Waals surface area contributed by atoms with E-state index in [9.17, 15) is 34.6 Å². The summed E-state index contributed by atoms with van der Waals surface area (Å²) in [6.07, 6.45) is -2.10. The highest BCUT2D eigenvalue weighted by Crippen LogP contribution is 2.41. The number of hydrogen-bond acceptors (Lipinski definition) is 12. The Morgan fingerprint density at radius 2 is 1.40 bits per heavy atom. The van der Waals surface area contributed by atoms with Crippen LogP contribution in [0.3, 0.4) is 0 Å². The second-order valence-corrected chi connectivity index (χ2v) is 9.99. The van der Waals surface area contributed by atoms with E-state index >= 15 is 0 Å². The van der Waals surface area contributed by atoms with E-state index in [1.807, 2.05) is 0 Å². The highest BCUT2D eigenvalue weighted by Gasteiger charge is 2.58. The first-order valence-corrected chi connectivity index (χ1v) is 13.5.